The highest BCUT2D eigenvalue weighted by atomic mass is 79.9. The van der Waals surface area contributed by atoms with Crippen molar-refractivity contribution in [3.63, 3.8) is 0 Å². The van der Waals surface area contributed by atoms with Gasteiger partial charge in [0.1, 0.15) is 5.58 Å². The van der Waals surface area contributed by atoms with Crippen LogP contribution in [0.4, 0.5) is 0 Å². The zero-order valence-electron chi connectivity index (χ0n) is 11.9. The first-order chi connectivity index (χ1) is 10.1. The third-order valence-electron chi connectivity index (χ3n) is 4.15. The zero-order chi connectivity index (χ0) is 15.0. The Labute approximate surface area is 131 Å². The fourth-order valence-electron chi connectivity index (χ4n) is 2.92. The number of benzene rings is 1. The number of carbonyl (C=O) groups excluding carboxylic acids is 1. The Morgan fingerprint density at radius 1 is 1.38 bits per heavy atom. The van der Waals surface area contributed by atoms with Gasteiger partial charge in [0.15, 0.2) is 5.76 Å². The van der Waals surface area contributed by atoms with Crippen molar-refractivity contribution in [1.82, 2.24) is 5.32 Å². The van der Waals surface area contributed by atoms with E-state index in [2.05, 4.69) is 21.2 Å². The number of aliphatic hydroxyl groups excluding tert-OH is 1. The quantitative estimate of drug-likeness (QED) is 0.869. The Hall–Kier alpha value is -1.33. The maximum Gasteiger partial charge on any atom is 0.287 e. The fraction of sp³-hybridized carbons (Fsp3) is 0.438. The number of hydrogen-bond donors (Lipinski definition) is 2. The molecule has 2 aromatic rings. The van der Waals surface area contributed by atoms with E-state index >= 15 is 0 Å². The molecule has 3 rings (SSSR count). The molecule has 0 unspecified atom stereocenters. The van der Waals surface area contributed by atoms with Gasteiger partial charge in [-0.15, -0.1) is 0 Å². The number of furan rings is 1. The lowest BCUT2D eigenvalue weighted by Crippen LogP contribution is -2.45. The smallest absolute Gasteiger partial charge is 0.287 e. The number of aryl methyl sites for hydroxylation is 1. The van der Waals surface area contributed by atoms with Gasteiger partial charge in [-0.25, -0.2) is 0 Å². The van der Waals surface area contributed by atoms with Gasteiger partial charge in [0, 0.05) is 15.4 Å². The Morgan fingerprint density at radius 3 is 2.90 bits per heavy atom. The summed E-state index contributed by atoms with van der Waals surface area (Å²) in [5, 5.41) is 13.8. The second-order valence-corrected chi connectivity index (χ2v) is 6.54. The number of halogens is 1. The van der Waals surface area contributed by atoms with Gasteiger partial charge in [-0.1, -0.05) is 28.8 Å². The van der Waals surface area contributed by atoms with Crippen molar-refractivity contribution in [2.75, 3.05) is 0 Å². The number of nitrogens with one attached hydrogen (secondary N) is 1. The standard InChI is InChI=1S/C16H18BrNO3/c1-9-11-8-10(17)6-7-14(11)21-15(9)16(20)18-12-4-2-3-5-13(12)19/h6-8,12-13,19H,2-5H2,1H3,(H,18,20)/t12-,13-/m1/s1. The summed E-state index contributed by atoms with van der Waals surface area (Å²) in [6.07, 6.45) is 3.16. The van der Waals surface area contributed by atoms with E-state index in [1.165, 1.54) is 0 Å². The molecule has 4 nitrogen and oxygen atoms in total. The van der Waals surface area contributed by atoms with Gasteiger partial charge < -0.3 is 14.8 Å². The zero-order valence-corrected chi connectivity index (χ0v) is 13.4. The molecule has 0 bridgehead atoms. The van der Waals surface area contributed by atoms with Gasteiger partial charge in [-0.2, -0.15) is 0 Å². The molecule has 1 amide bonds. The number of amides is 1. The van der Waals surface area contributed by atoms with E-state index in [1.54, 1.807) is 0 Å². The van der Waals surface area contributed by atoms with Gasteiger partial charge in [-0.05, 0) is 38.0 Å². The van der Waals surface area contributed by atoms with E-state index in [-0.39, 0.29) is 11.9 Å². The summed E-state index contributed by atoms with van der Waals surface area (Å²) < 4.78 is 6.63. The molecule has 0 saturated heterocycles. The van der Waals surface area contributed by atoms with Crippen LogP contribution in [0.2, 0.25) is 0 Å². The van der Waals surface area contributed by atoms with Crippen molar-refractivity contribution in [3.05, 3.63) is 34.0 Å². The molecule has 21 heavy (non-hydrogen) atoms. The second kappa shape index (κ2) is 5.81. The van der Waals surface area contributed by atoms with Crippen LogP contribution in [0.3, 0.4) is 0 Å². The first-order valence-corrected chi connectivity index (χ1v) is 8.03. The Morgan fingerprint density at radius 2 is 2.14 bits per heavy atom. The lowest BCUT2D eigenvalue weighted by Gasteiger charge is -2.28. The molecule has 2 atom stereocenters. The molecule has 1 aromatic carbocycles. The number of fused-ring (bicyclic) bond motifs is 1. The van der Waals surface area contributed by atoms with Crippen molar-refractivity contribution in [2.24, 2.45) is 0 Å². The van der Waals surface area contributed by atoms with E-state index < -0.39 is 6.10 Å². The summed E-state index contributed by atoms with van der Waals surface area (Å²) >= 11 is 3.43. The number of rotatable bonds is 2. The summed E-state index contributed by atoms with van der Waals surface area (Å²) in [6, 6.07) is 5.50. The lowest BCUT2D eigenvalue weighted by atomic mass is 9.92. The third kappa shape index (κ3) is 2.85. The highest BCUT2D eigenvalue weighted by molar-refractivity contribution is 9.10. The molecular formula is C16H18BrNO3. The summed E-state index contributed by atoms with van der Waals surface area (Å²) in [5.41, 5.74) is 1.53. The molecule has 0 aliphatic heterocycles. The van der Waals surface area contributed by atoms with Crippen LogP contribution in [0.25, 0.3) is 11.0 Å². The number of carbonyl (C=O) groups is 1. The number of aliphatic hydroxyl groups is 1. The van der Waals surface area contributed by atoms with Crippen molar-refractivity contribution < 1.29 is 14.3 Å². The fourth-order valence-corrected chi connectivity index (χ4v) is 3.28. The van der Waals surface area contributed by atoms with E-state index in [4.69, 9.17) is 4.42 Å². The summed E-state index contributed by atoms with van der Waals surface area (Å²) in [7, 11) is 0. The molecule has 112 valence electrons. The summed E-state index contributed by atoms with van der Waals surface area (Å²) in [6.45, 7) is 1.88. The van der Waals surface area contributed by atoms with Gasteiger partial charge in [-0.3, -0.25) is 4.79 Å². The highest BCUT2D eigenvalue weighted by Crippen LogP contribution is 2.28. The van der Waals surface area contributed by atoms with Crippen LogP contribution in [0, 0.1) is 6.92 Å². The molecule has 1 saturated carbocycles. The molecular weight excluding hydrogens is 334 g/mol. The normalized spacial score (nSPS) is 22.4. The van der Waals surface area contributed by atoms with E-state index in [0.717, 1.165) is 41.1 Å². The van der Waals surface area contributed by atoms with Crippen molar-refractivity contribution in [1.29, 1.82) is 0 Å². The molecule has 0 spiro atoms. The van der Waals surface area contributed by atoms with Crippen LogP contribution < -0.4 is 5.32 Å². The first-order valence-electron chi connectivity index (χ1n) is 7.24. The van der Waals surface area contributed by atoms with Gasteiger partial charge in [0.25, 0.3) is 5.91 Å². The average Bonchev–Trinajstić information content (AvgIpc) is 2.79. The van der Waals surface area contributed by atoms with Crippen LogP contribution in [0.1, 0.15) is 41.8 Å². The van der Waals surface area contributed by atoms with E-state index in [1.807, 2.05) is 25.1 Å². The predicted molar refractivity (Wildman–Crippen MR) is 84.4 cm³/mol. The maximum atomic E-state index is 12.4. The predicted octanol–water partition coefficient (Wildman–Crippen LogP) is 3.54. The van der Waals surface area contributed by atoms with Gasteiger partial charge in [0.2, 0.25) is 0 Å². The van der Waals surface area contributed by atoms with Crippen LogP contribution >= 0.6 is 15.9 Å². The molecule has 0 radical (unpaired) electrons. The molecule has 1 aliphatic carbocycles. The molecule has 1 heterocycles. The van der Waals surface area contributed by atoms with E-state index in [9.17, 15) is 9.90 Å². The monoisotopic (exact) mass is 351 g/mol. The Balaban J connectivity index is 1.86. The maximum absolute atomic E-state index is 12.4. The van der Waals surface area contributed by atoms with Gasteiger partial charge >= 0.3 is 0 Å². The van der Waals surface area contributed by atoms with Crippen LogP contribution in [-0.2, 0) is 0 Å². The molecule has 1 fully saturated rings. The average molecular weight is 352 g/mol. The topological polar surface area (TPSA) is 62.5 Å². The lowest BCUT2D eigenvalue weighted by molar-refractivity contribution is 0.0699. The van der Waals surface area contributed by atoms with Crippen molar-refractivity contribution in [2.45, 2.75) is 44.8 Å². The Bertz CT molecular complexity index is 679. The second-order valence-electron chi connectivity index (χ2n) is 5.63. The van der Waals surface area contributed by atoms with E-state index in [0.29, 0.717) is 11.3 Å². The molecule has 1 aromatic heterocycles. The van der Waals surface area contributed by atoms with Crippen LogP contribution in [0.5, 0.6) is 0 Å². The van der Waals surface area contributed by atoms with Crippen LogP contribution in [-0.4, -0.2) is 23.2 Å². The highest BCUT2D eigenvalue weighted by Gasteiger charge is 2.27. The summed E-state index contributed by atoms with van der Waals surface area (Å²) in [5.74, 6) is 0.0895. The van der Waals surface area contributed by atoms with Crippen molar-refractivity contribution in [3.8, 4) is 0 Å². The first kappa shape index (κ1) is 14.6. The molecule has 2 N–H and O–H groups in total. The van der Waals surface area contributed by atoms with Crippen molar-refractivity contribution >= 4 is 32.8 Å². The summed E-state index contributed by atoms with van der Waals surface area (Å²) in [4.78, 5) is 12.4. The Kier molecular flexibility index (Phi) is 4.04. The minimum atomic E-state index is -0.457. The third-order valence-corrected chi connectivity index (χ3v) is 4.64. The van der Waals surface area contributed by atoms with Crippen LogP contribution in [0.15, 0.2) is 27.1 Å². The minimum absolute atomic E-state index is 0.175. The van der Waals surface area contributed by atoms with Gasteiger partial charge in [0.05, 0.1) is 12.1 Å². The minimum Gasteiger partial charge on any atom is -0.451 e. The molecule has 5 heteroatoms. The SMILES string of the molecule is Cc1c(C(=O)N[C@@H]2CCCC[C@H]2O)oc2ccc(Br)cc12. The molecule has 1 aliphatic rings. The number of hydrogen-bond acceptors (Lipinski definition) is 3. The largest absolute Gasteiger partial charge is 0.451 e.